The molecule has 0 atom stereocenters. The first-order valence-electron chi connectivity index (χ1n) is 2.66. The van der Waals surface area contributed by atoms with Gasteiger partial charge >= 0.3 is 6.09 Å². The van der Waals surface area contributed by atoms with Gasteiger partial charge in [0.15, 0.2) is 0 Å². The predicted octanol–water partition coefficient (Wildman–Crippen LogP) is -1.95. The molecule has 0 aliphatic heterocycles. The van der Waals surface area contributed by atoms with Gasteiger partial charge in [-0.1, -0.05) is 0 Å². The Morgan fingerprint density at radius 3 is 2.36 bits per heavy atom. The van der Waals surface area contributed by atoms with Crippen LogP contribution in [-0.2, 0) is 10.2 Å². The molecule has 0 heterocycles. The molecule has 0 rings (SSSR count). The molecule has 0 aromatic carbocycles. The van der Waals surface area contributed by atoms with Crippen LogP contribution in [0.25, 0.3) is 0 Å². The van der Waals surface area contributed by atoms with E-state index < -0.39 is 16.3 Å². The SMILES string of the molecule is NS(=O)(=O)NCCNC(=O)O. The smallest absolute Gasteiger partial charge is 0.404 e. The number of hydrogen-bond donors (Lipinski definition) is 4. The second-order valence-electron chi connectivity index (χ2n) is 1.67. The Balaban J connectivity index is 3.37. The lowest BCUT2D eigenvalue weighted by Gasteiger charge is -2.00. The summed E-state index contributed by atoms with van der Waals surface area (Å²) in [6.45, 7) is -0.0586. The molecule has 0 aliphatic rings. The molecular weight excluding hydrogens is 174 g/mol. The van der Waals surface area contributed by atoms with Crippen molar-refractivity contribution in [1.82, 2.24) is 10.0 Å². The summed E-state index contributed by atoms with van der Waals surface area (Å²) in [5, 5.41) is 14.5. The minimum Gasteiger partial charge on any atom is -0.465 e. The van der Waals surface area contributed by atoms with Crippen molar-refractivity contribution in [2.75, 3.05) is 13.1 Å². The zero-order chi connectivity index (χ0) is 8.91. The quantitative estimate of drug-likeness (QED) is 0.378. The molecule has 0 aliphatic carbocycles. The van der Waals surface area contributed by atoms with Gasteiger partial charge in [-0.25, -0.2) is 14.7 Å². The van der Waals surface area contributed by atoms with Crippen molar-refractivity contribution in [3.8, 4) is 0 Å². The van der Waals surface area contributed by atoms with E-state index in [0.29, 0.717) is 0 Å². The zero-order valence-electron chi connectivity index (χ0n) is 5.57. The normalized spacial score (nSPS) is 11.0. The molecule has 7 nitrogen and oxygen atoms in total. The summed E-state index contributed by atoms with van der Waals surface area (Å²) in [6.07, 6.45) is -1.21. The minimum atomic E-state index is -3.70. The van der Waals surface area contributed by atoms with E-state index >= 15 is 0 Å². The molecule has 0 aromatic rings. The van der Waals surface area contributed by atoms with Gasteiger partial charge in [-0.05, 0) is 0 Å². The molecule has 0 saturated carbocycles. The molecule has 11 heavy (non-hydrogen) atoms. The van der Waals surface area contributed by atoms with Crippen LogP contribution in [0.2, 0.25) is 0 Å². The predicted molar refractivity (Wildman–Crippen MR) is 37.1 cm³/mol. The van der Waals surface area contributed by atoms with Crippen LogP contribution in [0.5, 0.6) is 0 Å². The Morgan fingerprint density at radius 1 is 1.45 bits per heavy atom. The van der Waals surface area contributed by atoms with E-state index in [2.05, 4.69) is 5.14 Å². The molecule has 0 saturated heterocycles. The van der Waals surface area contributed by atoms with Gasteiger partial charge in [0.05, 0.1) is 0 Å². The standard InChI is InChI=1S/C3H9N3O4S/c4-11(9,10)6-2-1-5-3(7)8/h5-6H,1-2H2,(H,7,8)(H2,4,9,10). The lowest BCUT2D eigenvalue weighted by molar-refractivity contribution is 0.194. The number of carboxylic acid groups (broad SMARTS) is 1. The van der Waals surface area contributed by atoms with Crippen molar-refractivity contribution in [2.24, 2.45) is 5.14 Å². The molecule has 0 unspecified atom stereocenters. The maximum absolute atomic E-state index is 10.2. The highest BCUT2D eigenvalue weighted by Gasteiger charge is 1.99. The fourth-order valence-corrected chi connectivity index (χ4v) is 0.749. The monoisotopic (exact) mass is 183 g/mol. The van der Waals surface area contributed by atoms with Crippen LogP contribution in [0.1, 0.15) is 0 Å². The van der Waals surface area contributed by atoms with Gasteiger partial charge in [0.2, 0.25) is 0 Å². The largest absolute Gasteiger partial charge is 0.465 e. The van der Waals surface area contributed by atoms with E-state index in [1.165, 1.54) is 0 Å². The van der Waals surface area contributed by atoms with E-state index in [9.17, 15) is 13.2 Å². The highest BCUT2D eigenvalue weighted by atomic mass is 32.2. The van der Waals surface area contributed by atoms with Gasteiger partial charge in [-0.15, -0.1) is 0 Å². The van der Waals surface area contributed by atoms with Gasteiger partial charge in [0, 0.05) is 13.1 Å². The maximum Gasteiger partial charge on any atom is 0.404 e. The van der Waals surface area contributed by atoms with E-state index in [1.807, 2.05) is 10.0 Å². The zero-order valence-corrected chi connectivity index (χ0v) is 6.39. The van der Waals surface area contributed by atoms with Crippen LogP contribution in [0.3, 0.4) is 0 Å². The van der Waals surface area contributed by atoms with Crippen LogP contribution in [0.4, 0.5) is 4.79 Å². The van der Waals surface area contributed by atoms with Gasteiger partial charge in [-0.2, -0.15) is 8.42 Å². The topological polar surface area (TPSA) is 122 Å². The summed E-state index contributed by atoms with van der Waals surface area (Å²) < 4.78 is 22.2. The summed E-state index contributed by atoms with van der Waals surface area (Å²) in [5.74, 6) is 0. The summed E-state index contributed by atoms with van der Waals surface area (Å²) in [4.78, 5) is 9.80. The second-order valence-corrected chi connectivity index (χ2v) is 3.05. The summed E-state index contributed by atoms with van der Waals surface area (Å²) in [6, 6.07) is 0. The number of rotatable bonds is 4. The van der Waals surface area contributed by atoms with Crippen molar-refractivity contribution in [2.45, 2.75) is 0 Å². The Hall–Kier alpha value is -0.860. The third kappa shape index (κ3) is 9.14. The van der Waals surface area contributed by atoms with E-state index in [0.717, 1.165) is 0 Å². The van der Waals surface area contributed by atoms with Crippen molar-refractivity contribution in [3.63, 3.8) is 0 Å². The van der Waals surface area contributed by atoms with Crippen molar-refractivity contribution in [1.29, 1.82) is 0 Å². The van der Waals surface area contributed by atoms with Crippen LogP contribution in [0.15, 0.2) is 0 Å². The Morgan fingerprint density at radius 2 is 2.00 bits per heavy atom. The van der Waals surface area contributed by atoms with Crippen LogP contribution in [0, 0.1) is 0 Å². The molecule has 0 aromatic heterocycles. The first-order valence-corrected chi connectivity index (χ1v) is 4.20. The van der Waals surface area contributed by atoms with Crippen molar-refractivity contribution < 1.29 is 18.3 Å². The van der Waals surface area contributed by atoms with Crippen LogP contribution >= 0.6 is 0 Å². The molecule has 5 N–H and O–H groups in total. The second kappa shape index (κ2) is 4.11. The van der Waals surface area contributed by atoms with E-state index in [-0.39, 0.29) is 13.1 Å². The fourth-order valence-electron chi connectivity index (χ4n) is 0.363. The molecule has 8 heteroatoms. The molecule has 0 bridgehead atoms. The number of hydrogen-bond acceptors (Lipinski definition) is 3. The third-order valence-corrected chi connectivity index (χ3v) is 1.31. The van der Waals surface area contributed by atoms with Crippen molar-refractivity contribution >= 4 is 16.3 Å². The number of amides is 1. The summed E-state index contributed by atoms with van der Waals surface area (Å²) >= 11 is 0. The average molecular weight is 183 g/mol. The number of carbonyl (C=O) groups is 1. The molecule has 0 radical (unpaired) electrons. The lowest BCUT2D eigenvalue weighted by atomic mass is 10.7. The Bertz CT molecular complexity index is 223. The molecular formula is C3H9N3O4S. The average Bonchev–Trinajstić information content (AvgIpc) is 1.78. The first-order chi connectivity index (χ1) is 4.92. The van der Waals surface area contributed by atoms with Crippen LogP contribution < -0.4 is 15.2 Å². The molecule has 0 fully saturated rings. The van der Waals surface area contributed by atoms with Gasteiger partial charge < -0.3 is 10.4 Å². The Labute approximate surface area is 63.8 Å². The first kappa shape index (κ1) is 10.1. The highest BCUT2D eigenvalue weighted by Crippen LogP contribution is 1.65. The third-order valence-electron chi connectivity index (χ3n) is 0.704. The number of nitrogens with one attached hydrogen (secondary N) is 2. The molecule has 1 amide bonds. The van der Waals surface area contributed by atoms with E-state index in [4.69, 9.17) is 5.11 Å². The fraction of sp³-hybridized carbons (Fsp3) is 0.667. The lowest BCUT2D eigenvalue weighted by Crippen LogP contribution is -2.37. The molecule has 66 valence electrons. The van der Waals surface area contributed by atoms with Gasteiger partial charge in [-0.3, -0.25) is 0 Å². The Kier molecular flexibility index (Phi) is 3.79. The van der Waals surface area contributed by atoms with Crippen LogP contribution in [-0.4, -0.2) is 32.7 Å². The summed E-state index contributed by atoms with van der Waals surface area (Å²) in [7, 11) is -3.70. The van der Waals surface area contributed by atoms with Crippen molar-refractivity contribution in [3.05, 3.63) is 0 Å². The van der Waals surface area contributed by atoms with Gasteiger partial charge in [0.25, 0.3) is 10.2 Å². The number of nitrogens with two attached hydrogens (primary N) is 1. The highest BCUT2D eigenvalue weighted by molar-refractivity contribution is 7.87. The molecule has 0 spiro atoms. The maximum atomic E-state index is 10.2. The summed E-state index contributed by atoms with van der Waals surface area (Å²) in [5.41, 5.74) is 0. The van der Waals surface area contributed by atoms with E-state index in [1.54, 1.807) is 0 Å². The van der Waals surface area contributed by atoms with Gasteiger partial charge in [0.1, 0.15) is 0 Å². The minimum absolute atomic E-state index is 0.00817.